The Labute approximate surface area is 118 Å². The minimum absolute atomic E-state index is 0.214. The summed E-state index contributed by atoms with van der Waals surface area (Å²) in [5.74, 6) is 0.405. The van der Waals surface area contributed by atoms with Crippen LogP contribution in [0.3, 0.4) is 0 Å². The van der Waals surface area contributed by atoms with E-state index in [9.17, 15) is 4.39 Å². The maximum absolute atomic E-state index is 13.6. The molecule has 0 aliphatic carbocycles. The predicted octanol–water partition coefficient (Wildman–Crippen LogP) is 3.35. The number of aromatic nitrogens is 1. The number of anilines is 1. The molecule has 0 bridgehead atoms. The van der Waals surface area contributed by atoms with Gasteiger partial charge in [0.15, 0.2) is 0 Å². The molecular formula is C16H16FN3. The second kappa shape index (κ2) is 5.70. The molecule has 0 atom stereocenters. The molecule has 1 heterocycles. The number of halogens is 1. The Morgan fingerprint density at radius 3 is 2.65 bits per heavy atom. The minimum atomic E-state index is -0.214. The molecule has 4 heteroatoms. The van der Waals surface area contributed by atoms with Gasteiger partial charge in [-0.05, 0) is 43.2 Å². The predicted molar refractivity (Wildman–Crippen MR) is 76.9 cm³/mol. The molecule has 0 saturated heterocycles. The third kappa shape index (κ3) is 2.94. The van der Waals surface area contributed by atoms with E-state index in [1.807, 2.05) is 24.9 Å². The first kappa shape index (κ1) is 14.0. The van der Waals surface area contributed by atoms with Gasteiger partial charge in [0, 0.05) is 19.3 Å². The third-order valence-corrected chi connectivity index (χ3v) is 3.15. The number of nitriles is 1. The number of hydrogen-bond acceptors (Lipinski definition) is 3. The van der Waals surface area contributed by atoms with Crippen LogP contribution in [0.2, 0.25) is 0 Å². The van der Waals surface area contributed by atoms with Crippen LogP contribution in [-0.4, -0.2) is 12.0 Å². The molecule has 0 unspecified atom stereocenters. The molecule has 0 saturated carbocycles. The van der Waals surface area contributed by atoms with E-state index >= 15 is 0 Å². The zero-order valence-electron chi connectivity index (χ0n) is 11.8. The minimum Gasteiger partial charge on any atom is -0.354 e. The van der Waals surface area contributed by atoms with Crippen molar-refractivity contribution in [3.05, 3.63) is 58.5 Å². The summed E-state index contributed by atoms with van der Waals surface area (Å²) < 4.78 is 13.6. The molecule has 0 N–H and O–H groups in total. The molecule has 3 nitrogen and oxygen atoms in total. The summed E-state index contributed by atoms with van der Waals surface area (Å²) in [7, 11) is 1.85. The lowest BCUT2D eigenvalue weighted by Crippen LogP contribution is -2.19. The van der Waals surface area contributed by atoms with Crippen molar-refractivity contribution in [2.75, 3.05) is 11.9 Å². The normalized spacial score (nSPS) is 10.2. The van der Waals surface area contributed by atoms with Gasteiger partial charge in [-0.25, -0.2) is 9.37 Å². The van der Waals surface area contributed by atoms with Crippen molar-refractivity contribution in [3.8, 4) is 6.07 Å². The van der Waals surface area contributed by atoms with Crippen molar-refractivity contribution in [3.63, 3.8) is 0 Å². The van der Waals surface area contributed by atoms with E-state index in [-0.39, 0.29) is 5.82 Å². The lowest BCUT2D eigenvalue weighted by molar-refractivity contribution is 0.615. The van der Waals surface area contributed by atoms with Crippen LogP contribution in [0.1, 0.15) is 22.4 Å². The van der Waals surface area contributed by atoms with Crippen LogP contribution in [0.4, 0.5) is 10.2 Å². The fourth-order valence-electron chi connectivity index (χ4n) is 2.00. The highest BCUT2D eigenvalue weighted by Gasteiger charge is 2.10. The van der Waals surface area contributed by atoms with Crippen LogP contribution in [0.15, 0.2) is 30.3 Å². The first-order valence-electron chi connectivity index (χ1n) is 6.35. The number of pyridine rings is 1. The monoisotopic (exact) mass is 269 g/mol. The molecule has 0 fully saturated rings. The fraction of sp³-hybridized carbons (Fsp3) is 0.250. The van der Waals surface area contributed by atoms with E-state index in [4.69, 9.17) is 5.26 Å². The van der Waals surface area contributed by atoms with Crippen molar-refractivity contribution >= 4 is 5.82 Å². The summed E-state index contributed by atoms with van der Waals surface area (Å²) >= 11 is 0. The first-order valence-corrected chi connectivity index (χ1v) is 6.35. The molecule has 0 aliphatic heterocycles. The summed E-state index contributed by atoms with van der Waals surface area (Å²) in [6.45, 7) is 4.12. The van der Waals surface area contributed by atoms with Gasteiger partial charge < -0.3 is 4.90 Å². The molecule has 1 aromatic carbocycles. The molecule has 0 radical (unpaired) electrons. The Morgan fingerprint density at radius 1 is 1.25 bits per heavy atom. The molecule has 0 aliphatic rings. The van der Waals surface area contributed by atoms with Gasteiger partial charge in [0.05, 0.1) is 5.56 Å². The number of rotatable bonds is 3. The SMILES string of the molecule is Cc1ccc(C#N)c(N(C)Cc2ccc(C)c(F)c2)n1. The van der Waals surface area contributed by atoms with E-state index in [0.29, 0.717) is 23.5 Å². The van der Waals surface area contributed by atoms with Crippen LogP contribution in [0, 0.1) is 31.0 Å². The summed E-state index contributed by atoms with van der Waals surface area (Å²) in [6, 6.07) is 10.9. The largest absolute Gasteiger partial charge is 0.354 e. The molecule has 2 rings (SSSR count). The Kier molecular flexibility index (Phi) is 3.99. The number of aryl methyl sites for hydroxylation is 2. The summed E-state index contributed by atoms with van der Waals surface area (Å²) in [6.07, 6.45) is 0. The molecular weight excluding hydrogens is 253 g/mol. The lowest BCUT2D eigenvalue weighted by Gasteiger charge is -2.20. The van der Waals surface area contributed by atoms with Crippen molar-refractivity contribution in [2.45, 2.75) is 20.4 Å². The van der Waals surface area contributed by atoms with Crippen LogP contribution >= 0.6 is 0 Å². The molecule has 20 heavy (non-hydrogen) atoms. The van der Waals surface area contributed by atoms with E-state index in [1.54, 1.807) is 25.1 Å². The van der Waals surface area contributed by atoms with Crippen LogP contribution < -0.4 is 4.90 Å². The van der Waals surface area contributed by atoms with Crippen molar-refractivity contribution in [2.24, 2.45) is 0 Å². The highest BCUT2D eigenvalue weighted by Crippen LogP contribution is 2.19. The number of benzene rings is 1. The molecule has 102 valence electrons. The average Bonchev–Trinajstić information content (AvgIpc) is 2.43. The standard InChI is InChI=1S/C16H16FN3/c1-11-4-6-13(8-15(11)17)10-20(3)16-14(9-18)7-5-12(2)19-16/h4-8H,10H2,1-3H3. The van der Waals surface area contributed by atoms with Gasteiger partial charge in [0.2, 0.25) is 0 Å². The van der Waals surface area contributed by atoms with Gasteiger partial charge in [0.1, 0.15) is 17.7 Å². The highest BCUT2D eigenvalue weighted by molar-refractivity contribution is 5.54. The molecule has 1 aromatic heterocycles. The summed E-state index contributed by atoms with van der Waals surface area (Å²) in [5, 5.41) is 9.13. The zero-order valence-corrected chi connectivity index (χ0v) is 11.8. The van der Waals surface area contributed by atoms with Gasteiger partial charge in [-0.15, -0.1) is 0 Å². The van der Waals surface area contributed by atoms with Gasteiger partial charge in [0.25, 0.3) is 0 Å². The van der Waals surface area contributed by atoms with Crippen LogP contribution in [0.25, 0.3) is 0 Å². The molecule has 0 amide bonds. The first-order chi connectivity index (χ1) is 9.51. The number of nitrogens with zero attached hydrogens (tertiary/aromatic N) is 3. The second-order valence-corrected chi connectivity index (χ2v) is 4.88. The zero-order chi connectivity index (χ0) is 14.7. The highest BCUT2D eigenvalue weighted by atomic mass is 19.1. The Bertz CT molecular complexity index is 674. The van der Waals surface area contributed by atoms with Gasteiger partial charge in [-0.3, -0.25) is 0 Å². The van der Waals surface area contributed by atoms with Gasteiger partial charge in [-0.1, -0.05) is 12.1 Å². The topological polar surface area (TPSA) is 39.9 Å². The summed E-state index contributed by atoms with van der Waals surface area (Å²) in [4.78, 5) is 6.25. The second-order valence-electron chi connectivity index (χ2n) is 4.88. The van der Waals surface area contributed by atoms with E-state index < -0.39 is 0 Å². The fourth-order valence-corrected chi connectivity index (χ4v) is 2.00. The Morgan fingerprint density at radius 2 is 2.00 bits per heavy atom. The molecule has 2 aromatic rings. The Balaban J connectivity index is 2.28. The molecule has 0 spiro atoms. The summed E-state index contributed by atoms with van der Waals surface area (Å²) in [5.41, 5.74) is 2.84. The number of hydrogen-bond donors (Lipinski definition) is 0. The Hall–Kier alpha value is -2.41. The van der Waals surface area contributed by atoms with E-state index in [1.165, 1.54) is 6.07 Å². The van der Waals surface area contributed by atoms with Crippen LogP contribution in [0.5, 0.6) is 0 Å². The van der Waals surface area contributed by atoms with Crippen molar-refractivity contribution in [1.29, 1.82) is 5.26 Å². The quantitative estimate of drug-likeness (QED) is 0.858. The van der Waals surface area contributed by atoms with Gasteiger partial charge >= 0.3 is 0 Å². The average molecular weight is 269 g/mol. The maximum atomic E-state index is 13.6. The maximum Gasteiger partial charge on any atom is 0.146 e. The van der Waals surface area contributed by atoms with E-state index in [0.717, 1.165) is 11.3 Å². The lowest BCUT2D eigenvalue weighted by atomic mass is 10.1. The third-order valence-electron chi connectivity index (χ3n) is 3.15. The van der Waals surface area contributed by atoms with Crippen molar-refractivity contribution < 1.29 is 4.39 Å². The van der Waals surface area contributed by atoms with E-state index in [2.05, 4.69) is 11.1 Å². The van der Waals surface area contributed by atoms with Crippen LogP contribution in [-0.2, 0) is 6.54 Å². The van der Waals surface area contributed by atoms with Crippen molar-refractivity contribution in [1.82, 2.24) is 4.98 Å². The smallest absolute Gasteiger partial charge is 0.146 e. The van der Waals surface area contributed by atoms with Gasteiger partial charge in [-0.2, -0.15) is 5.26 Å².